The number of methoxy groups -OCH3 is 2. The van der Waals surface area contributed by atoms with Gasteiger partial charge in [0.2, 0.25) is 0 Å². The lowest BCUT2D eigenvalue weighted by molar-refractivity contribution is -0.122. The van der Waals surface area contributed by atoms with Gasteiger partial charge in [0.25, 0.3) is 0 Å². The van der Waals surface area contributed by atoms with Gasteiger partial charge in [-0.2, -0.15) is 0 Å². The predicted octanol–water partition coefficient (Wildman–Crippen LogP) is 5.56. The quantitative estimate of drug-likeness (QED) is 0.490. The topological polar surface area (TPSA) is 104 Å². The van der Waals surface area contributed by atoms with Gasteiger partial charge in [0.15, 0.2) is 0 Å². The van der Waals surface area contributed by atoms with Gasteiger partial charge >= 0.3 is 12.1 Å². The Bertz CT molecular complexity index is 1070. The van der Waals surface area contributed by atoms with Gasteiger partial charge in [-0.3, -0.25) is 10.1 Å². The molecule has 8 heteroatoms. The molecule has 1 unspecified atom stereocenters. The first-order chi connectivity index (χ1) is 16.2. The molecule has 2 rings (SSSR count). The average Bonchev–Trinajstić information content (AvgIpc) is 2.74. The number of hydrogen-bond acceptors (Lipinski definition) is 7. The van der Waals surface area contributed by atoms with Crippen LogP contribution in [0.5, 0.6) is 5.75 Å². The molecule has 1 N–H and O–H groups in total. The minimum atomic E-state index is -0.692. The van der Waals surface area contributed by atoms with Gasteiger partial charge in [0, 0.05) is 24.6 Å². The third-order valence-corrected chi connectivity index (χ3v) is 4.98. The fraction of sp³-hybridized carbons (Fsp3) is 0.481. The molecule has 0 saturated heterocycles. The van der Waals surface area contributed by atoms with E-state index >= 15 is 0 Å². The van der Waals surface area contributed by atoms with E-state index in [2.05, 4.69) is 10.3 Å². The van der Waals surface area contributed by atoms with Crippen molar-refractivity contribution in [2.24, 2.45) is 5.41 Å². The molecule has 0 spiro atoms. The second-order valence-electron chi connectivity index (χ2n) is 10.5. The van der Waals surface area contributed by atoms with Crippen LogP contribution in [0, 0.1) is 5.41 Å². The first-order valence-electron chi connectivity index (χ1n) is 11.5. The molecule has 1 aromatic carbocycles. The van der Waals surface area contributed by atoms with E-state index in [-0.39, 0.29) is 23.3 Å². The van der Waals surface area contributed by atoms with Crippen molar-refractivity contribution in [1.29, 1.82) is 0 Å². The zero-order valence-corrected chi connectivity index (χ0v) is 21.9. The number of rotatable bonds is 8. The maximum Gasteiger partial charge on any atom is 0.412 e. The van der Waals surface area contributed by atoms with Crippen LogP contribution < -0.4 is 10.1 Å². The molecule has 2 aromatic rings. The Hall–Kier alpha value is -3.42. The molecule has 1 atom stereocenters. The zero-order valence-electron chi connectivity index (χ0n) is 21.9. The molecular weight excluding hydrogens is 448 g/mol. The minimum Gasteiger partial charge on any atom is -0.497 e. The largest absolute Gasteiger partial charge is 0.497 e. The van der Waals surface area contributed by atoms with Gasteiger partial charge in [0.05, 0.1) is 25.8 Å². The third-order valence-electron chi connectivity index (χ3n) is 4.98. The Kier molecular flexibility index (Phi) is 9.01. The summed E-state index contributed by atoms with van der Waals surface area (Å²) < 4.78 is 15.5. The third kappa shape index (κ3) is 8.70. The van der Waals surface area contributed by atoms with Crippen molar-refractivity contribution < 1.29 is 28.6 Å². The number of nitrogens with zero attached hydrogens (tertiary/aromatic N) is 1. The lowest BCUT2D eigenvalue weighted by Crippen LogP contribution is -2.28. The average molecular weight is 485 g/mol. The number of nitrogens with one attached hydrogen (secondary N) is 1. The van der Waals surface area contributed by atoms with Crippen LogP contribution in [0.25, 0.3) is 0 Å². The molecule has 8 nitrogen and oxygen atoms in total. The number of benzene rings is 1. The van der Waals surface area contributed by atoms with Crippen LogP contribution in [-0.2, 0) is 20.7 Å². The number of aromatic nitrogens is 1. The summed E-state index contributed by atoms with van der Waals surface area (Å²) in [4.78, 5) is 42.5. The standard InChI is InChI=1S/C27H36N2O6/c1-26(2,3)16-23(30)20(14-17-10-9-11-21(28-17)24(31)34-8)19-13-12-18(33-7)15-22(19)29-25(32)35-27(4,5)6/h9-13,15,20H,14,16H2,1-8H3,(H,29,32). The summed E-state index contributed by atoms with van der Waals surface area (Å²) in [7, 11) is 2.81. The van der Waals surface area contributed by atoms with E-state index in [1.807, 2.05) is 20.8 Å². The highest BCUT2D eigenvalue weighted by atomic mass is 16.6. The molecule has 0 saturated carbocycles. The van der Waals surface area contributed by atoms with Crippen molar-refractivity contribution in [3.8, 4) is 5.75 Å². The Morgan fingerprint density at radius 1 is 1.00 bits per heavy atom. The number of carbonyl (C=O) groups excluding carboxylic acids is 3. The van der Waals surface area contributed by atoms with E-state index in [1.54, 1.807) is 57.2 Å². The maximum atomic E-state index is 13.6. The lowest BCUT2D eigenvalue weighted by atomic mass is 9.80. The molecule has 35 heavy (non-hydrogen) atoms. The van der Waals surface area contributed by atoms with Crippen LogP contribution in [-0.4, -0.2) is 42.7 Å². The summed E-state index contributed by atoms with van der Waals surface area (Å²) in [5, 5.41) is 2.78. The van der Waals surface area contributed by atoms with Crippen molar-refractivity contribution in [3.05, 3.63) is 53.3 Å². The SMILES string of the molecule is COC(=O)c1cccc(CC(C(=O)CC(C)(C)C)c2ccc(OC)cc2NC(=O)OC(C)(C)C)n1. The number of hydrogen-bond donors (Lipinski definition) is 1. The van der Waals surface area contributed by atoms with Crippen molar-refractivity contribution in [1.82, 2.24) is 4.98 Å². The molecule has 1 amide bonds. The molecule has 0 aliphatic carbocycles. The van der Waals surface area contributed by atoms with Crippen LogP contribution in [0.2, 0.25) is 0 Å². The molecule has 0 bridgehead atoms. The van der Waals surface area contributed by atoms with Crippen LogP contribution in [0.1, 0.15) is 75.6 Å². The second kappa shape index (κ2) is 11.3. The van der Waals surface area contributed by atoms with Gasteiger partial charge in [-0.25, -0.2) is 14.6 Å². The number of amides is 1. The van der Waals surface area contributed by atoms with E-state index in [0.717, 1.165) is 0 Å². The molecule has 190 valence electrons. The van der Waals surface area contributed by atoms with E-state index in [1.165, 1.54) is 14.2 Å². The van der Waals surface area contributed by atoms with E-state index < -0.39 is 23.6 Å². The number of anilines is 1. The van der Waals surface area contributed by atoms with Crippen molar-refractivity contribution in [2.75, 3.05) is 19.5 Å². The Morgan fingerprint density at radius 2 is 1.69 bits per heavy atom. The van der Waals surface area contributed by atoms with Crippen molar-refractivity contribution in [2.45, 2.75) is 65.9 Å². The summed E-state index contributed by atoms with van der Waals surface area (Å²) in [6.45, 7) is 11.3. The highest BCUT2D eigenvalue weighted by Crippen LogP contribution is 2.35. The number of Topliss-reactive ketones (excluding diaryl/α,β-unsaturated/α-hetero) is 1. The Morgan fingerprint density at radius 3 is 2.26 bits per heavy atom. The second-order valence-corrected chi connectivity index (χ2v) is 10.5. The first kappa shape index (κ1) is 27.8. The first-order valence-corrected chi connectivity index (χ1v) is 11.5. The zero-order chi connectivity index (χ0) is 26.4. The van der Waals surface area contributed by atoms with E-state index in [9.17, 15) is 14.4 Å². The number of carbonyl (C=O) groups is 3. The summed E-state index contributed by atoms with van der Waals surface area (Å²) in [5.74, 6) is -0.681. The summed E-state index contributed by atoms with van der Waals surface area (Å²) in [6, 6.07) is 10.2. The Labute approximate surface area is 207 Å². The molecule has 1 aromatic heterocycles. The monoisotopic (exact) mass is 484 g/mol. The fourth-order valence-electron chi connectivity index (χ4n) is 3.55. The lowest BCUT2D eigenvalue weighted by Gasteiger charge is -2.25. The minimum absolute atomic E-state index is 0.0137. The summed E-state index contributed by atoms with van der Waals surface area (Å²) in [6.07, 6.45) is -0.0960. The number of ether oxygens (including phenoxy) is 3. The summed E-state index contributed by atoms with van der Waals surface area (Å²) in [5.41, 5.74) is 0.796. The molecule has 0 fully saturated rings. The Balaban J connectivity index is 2.54. The van der Waals surface area contributed by atoms with Crippen molar-refractivity contribution >= 4 is 23.5 Å². The van der Waals surface area contributed by atoms with Crippen LogP contribution in [0.15, 0.2) is 36.4 Å². The van der Waals surface area contributed by atoms with Gasteiger partial charge in [-0.1, -0.05) is 32.9 Å². The van der Waals surface area contributed by atoms with E-state index in [4.69, 9.17) is 14.2 Å². The van der Waals surface area contributed by atoms with Crippen LogP contribution >= 0.6 is 0 Å². The highest BCUT2D eigenvalue weighted by molar-refractivity contribution is 5.92. The normalized spacial score (nSPS) is 12.5. The smallest absolute Gasteiger partial charge is 0.412 e. The molecule has 0 radical (unpaired) electrons. The fourth-order valence-corrected chi connectivity index (χ4v) is 3.55. The molecule has 0 aliphatic heterocycles. The predicted molar refractivity (Wildman–Crippen MR) is 134 cm³/mol. The highest BCUT2D eigenvalue weighted by Gasteiger charge is 2.29. The number of ketones is 1. The molecule has 0 aliphatic rings. The maximum absolute atomic E-state index is 13.6. The number of esters is 1. The van der Waals surface area contributed by atoms with Gasteiger partial charge < -0.3 is 14.2 Å². The van der Waals surface area contributed by atoms with Crippen LogP contribution in [0.4, 0.5) is 10.5 Å². The van der Waals surface area contributed by atoms with Gasteiger partial charge in [0.1, 0.15) is 22.8 Å². The van der Waals surface area contributed by atoms with Gasteiger partial charge in [-0.15, -0.1) is 0 Å². The van der Waals surface area contributed by atoms with Gasteiger partial charge in [-0.05, 0) is 49.9 Å². The molecular formula is C27H36N2O6. The number of pyridine rings is 1. The molecule has 1 heterocycles. The van der Waals surface area contributed by atoms with Crippen molar-refractivity contribution in [3.63, 3.8) is 0 Å². The summed E-state index contributed by atoms with van der Waals surface area (Å²) >= 11 is 0. The van der Waals surface area contributed by atoms with Crippen LogP contribution in [0.3, 0.4) is 0 Å². The van der Waals surface area contributed by atoms with E-state index in [0.29, 0.717) is 29.1 Å².